The smallest absolute Gasteiger partial charge is 0.304 e. The number of piperidine rings is 3. The third kappa shape index (κ3) is 9.66. The lowest BCUT2D eigenvalue weighted by Crippen LogP contribution is -2.41. The first kappa shape index (κ1) is 32.2. The number of carbonyl (C=O) groups is 2. The summed E-state index contributed by atoms with van der Waals surface area (Å²) >= 11 is 12.8. The Morgan fingerprint density at radius 3 is 1.74 bits per heavy atom. The molecule has 7 nitrogen and oxygen atoms in total. The normalized spacial score (nSPS) is 20.3. The number of hydrogen-bond donors (Lipinski definition) is 2. The summed E-state index contributed by atoms with van der Waals surface area (Å²) in [6.45, 7) is 9.70. The Morgan fingerprint density at radius 2 is 1.23 bits per heavy atom. The Labute approximate surface area is 266 Å². The second kappa shape index (κ2) is 15.7. The number of carboxylic acid groups (broad SMARTS) is 1. The van der Waals surface area contributed by atoms with Crippen molar-refractivity contribution in [3.05, 3.63) is 57.6 Å². The van der Waals surface area contributed by atoms with Gasteiger partial charge in [0.2, 0.25) is 6.41 Å². The minimum Gasteiger partial charge on any atom is -0.481 e. The van der Waals surface area contributed by atoms with Gasteiger partial charge in [0.15, 0.2) is 0 Å². The van der Waals surface area contributed by atoms with Crippen molar-refractivity contribution in [2.75, 3.05) is 52.4 Å². The first-order chi connectivity index (χ1) is 20.8. The zero-order chi connectivity index (χ0) is 30.2. The Morgan fingerprint density at radius 1 is 0.744 bits per heavy atom. The number of aliphatic carboxylic acids is 1. The predicted molar refractivity (Wildman–Crippen MR) is 173 cm³/mol. The van der Waals surface area contributed by atoms with Crippen LogP contribution in [0, 0.1) is 17.8 Å². The van der Waals surface area contributed by atoms with Crippen LogP contribution < -0.4 is 5.32 Å². The van der Waals surface area contributed by atoms with Gasteiger partial charge in [-0.1, -0.05) is 29.3 Å². The fourth-order valence-electron chi connectivity index (χ4n) is 7.40. The first-order valence-corrected chi connectivity index (χ1v) is 16.8. The predicted octanol–water partition coefficient (Wildman–Crippen LogP) is 6.02. The molecule has 3 aliphatic rings. The van der Waals surface area contributed by atoms with Crippen molar-refractivity contribution in [2.45, 2.75) is 58.0 Å². The Kier molecular flexibility index (Phi) is 11.8. The maximum Gasteiger partial charge on any atom is 0.304 e. The summed E-state index contributed by atoms with van der Waals surface area (Å²) in [6, 6.07) is 12.8. The van der Waals surface area contributed by atoms with Gasteiger partial charge in [-0.05, 0) is 148 Å². The molecular weight excluding hydrogens is 583 g/mol. The number of amides is 1. The fourth-order valence-corrected chi connectivity index (χ4v) is 7.92. The SMILES string of the molecule is O=CNCC1CCN(Cc2cc(CN3CCC(C4CCN(CCC(=O)O)CC4)CC3)cc(-c3cc(Cl)cc(Cl)c3)c2)CC1. The second-order valence-corrected chi connectivity index (χ2v) is 13.8. The minimum absolute atomic E-state index is 0.245. The van der Waals surface area contributed by atoms with Crippen molar-refractivity contribution in [3.8, 4) is 11.1 Å². The van der Waals surface area contributed by atoms with Crippen molar-refractivity contribution in [1.29, 1.82) is 0 Å². The lowest BCUT2D eigenvalue weighted by molar-refractivity contribution is -0.137. The van der Waals surface area contributed by atoms with E-state index in [2.05, 4.69) is 38.2 Å². The van der Waals surface area contributed by atoms with E-state index in [1.54, 1.807) is 6.07 Å². The Bertz CT molecular complexity index is 1200. The van der Waals surface area contributed by atoms with Crippen LogP contribution in [0.1, 0.15) is 56.1 Å². The fraction of sp³-hybridized carbons (Fsp3) is 0.588. The van der Waals surface area contributed by atoms with Gasteiger partial charge in [-0.25, -0.2) is 0 Å². The molecule has 2 aromatic rings. The zero-order valence-corrected chi connectivity index (χ0v) is 26.7. The molecule has 0 aliphatic carbocycles. The van der Waals surface area contributed by atoms with Gasteiger partial charge in [0.05, 0.1) is 6.42 Å². The number of rotatable bonds is 12. The molecule has 2 N–H and O–H groups in total. The van der Waals surface area contributed by atoms with Crippen LogP contribution in [0.25, 0.3) is 11.1 Å². The van der Waals surface area contributed by atoms with Crippen LogP contribution in [0.3, 0.4) is 0 Å². The van der Waals surface area contributed by atoms with E-state index in [4.69, 9.17) is 28.3 Å². The first-order valence-electron chi connectivity index (χ1n) is 16.0. The summed E-state index contributed by atoms with van der Waals surface area (Å²) in [6.07, 6.45) is 8.13. The largest absolute Gasteiger partial charge is 0.481 e. The highest BCUT2D eigenvalue weighted by molar-refractivity contribution is 6.35. The van der Waals surface area contributed by atoms with Gasteiger partial charge in [-0.2, -0.15) is 0 Å². The lowest BCUT2D eigenvalue weighted by atomic mass is 9.78. The average Bonchev–Trinajstić information content (AvgIpc) is 3.00. The third-order valence-corrected chi connectivity index (χ3v) is 10.3. The highest BCUT2D eigenvalue weighted by atomic mass is 35.5. The Balaban J connectivity index is 1.20. The van der Waals surface area contributed by atoms with E-state index in [0.717, 1.165) is 101 Å². The quantitative estimate of drug-likeness (QED) is 0.280. The summed E-state index contributed by atoms with van der Waals surface area (Å²) in [5, 5.41) is 13.1. The topological polar surface area (TPSA) is 76.1 Å². The molecule has 0 saturated carbocycles. The maximum atomic E-state index is 10.9. The van der Waals surface area contributed by atoms with E-state index in [1.807, 2.05) is 12.1 Å². The summed E-state index contributed by atoms with van der Waals surface area (Å²) in [5.74, 6) is 1.40. The van der Waals surface area contributed by atoms with Gasteiger partial charge >= 0.3 is 5.97 Å². The van der Waals surface area contributed by atoms with Crippen LogP contribution in [0.15, 0.2) is 36.4 Å². The van der Waals surface area contributed by atoms with Crippen LogP contribution in [0.2, 0.25) is 10.0 Å². The molecule has 0 atom stereocenters. The highest BCUT2D eigenvalue weighted by Crippen LogP contribution is 2.34. The second-order valence-electron chi connectivity index (χ2n) is 12.9. The van der Waals surface area contributed by atoms with Crippen molar-refractivity contribution < 1.29 is 14.7 Å². The van der Waals surface area contributed by atoms with Gasteiger partial charge in [0, 0.05) is 36.2 Å². The summed E-state index contributed by atoms with van der Waals surface area (Å²) in [4.78, 5) is 29.1. The molecular formula is C34H46Cl2N4O3. The molecule has 3 heterocycles. The molecule has 1 amide bonds. The third-order valence-electron chi connectivity index (χ3n) is 9.83. The van der Waals surface area contributed by atoms with Crippen LogP contribution >= 0.6 is 23.2 Å². The number of hydrogen-bond acceptors (Lipinski definition) is 5. The van der Waals surface area contributed by atoms with E-state index in [-0.39, 0.29) is 6.42 Å². The zero-order valence-electron chi connectivity index (χ0n) is 25.2. The molecule has 0 aromatic heterocycles. The molecule has 0 radical (unpaired) electrons. The highest BCUT2D eigenvalue weighted by Gasteiger charge is 2.30. The molecule has 5 rings (SSSR count). The summed E-state index contributed by atoms with van der Waals surface area (Å²) in [5.41, 5.74) is 4.86. The minimum atomic E-state index is -0.701. The molecule has 2 aromatic carbocycles. The van der Waals surface area contributed by atoms with E-state index in [0.29, 0.717) is 22.5 Å². The van der Waals surface area contributed by atoms with Crippen LogP contribution in [0.4, 0.5) is 0 Å². The molecule has 0 unspecified atom stereocenters. The van der Waals surface area contributed by atoms with Crippen LogP contribution in [0.5, 0.6) is 0 Å². The van der Waals surface area contributed by atoms with Crippen LogP contribution in [-0.2, 0) is 22.7 Å². The van der Waals surface area contributed by atoms with Gasteiger partial charge in [0.25, 0.3) is 0 Å². The number of carboxylic acids is 1. The molecule has 3 fully saturated rings. The number of nitrogens with one attached hydrogen (secondary N) is 1. The van der Waals surface area contributed by atoms with E-state index < -0.39 is 5.97 Å². The van der Waals surface area contributed by atoms with Crippen molar-refractivity contribution in [1.82, 2.24) is 20.0 Å². The van der Waals surface area contributed by atoms with Crippen molar-refractivity contribution >= 4 is 35.6 Å². The van der Waals surface area contributed by atoms with E-state index in [1.165, 1.54) is 36.8 Å². The summed E-state index contributed by atoms with van der Waals surface area (Å²) < 4.78 is 0. The molecule has 0 spiro atoms. The molecule has 43 heavy (non-hydrogen) atoms. The van der Waals surface area contributed by atoms with E-state index in [9.17, 15) is 9.59 Å². The number of carbonyl (C=O) groups excluding carboxylic acids is 1. The number of nitrogens with zero attached hydrogens (tertiary/aromatic N) is 3. The molecule has 9 heteroatoms. The molecule has 0 bridgehead atoms. The number of halogens is 2. The lowest BCUT2D eigenvalue weighted by Gasteiger charge is -2.40. The Hall–Kier alpha value is -2.16. The summed E-state index contributed by atoms with van der Waals surface area (Å²) in [7, 11) is 0. The number of likely N-dealkylation sites (tertiary alicyclic amines) is 3. The van der Waals surface area contributed by atoms with Crippen molar-refractivity contribution in [2.24, 2.45) is 17.8 Å². The van der Waals surface area contributed by atoms with Gasteiger partial charge in [-0.3, -0.25) is 19.4 Å². The molecule has 3 aliphatic heterocycles. The monoisotopic (exact) mass is 628 g/mol. The molecule has 3 saturated heterocycles. The number of benzene rings is 2. The van der Waals surface area contributed by atoms with Crippen LogP contribution in [-0.4, -0.2) is 84.5 Å². The molecule has 234 valence electrons. The standard InChI is InChI=1S/C34H46Cl2N4O3/c35-32-18-31(19-33(36)20-32)30-16-26(22-39-8-1-25(2-9-39)21-37-24-41)15-27(17-30)23-40-12-5-29(6-13-40)28-3-10-38(11-4-28)14-7-34(42)43/h15-20,24-25,28-29H,1-14,21-23H2,(H,37,41)(H,42,43). The van der Waals surface area contributed by atoms with Gasteiger partial charge in [-0.15, -0.1) is 0 Å². The maximum absolute atomic E-state index is 10.9. The van der Waals surface area contributed by atoms with Crippen molar-refractivity contribution in [3.63, 3.8) is 0 Å². The average molecular weight is 630 g/mol. The van der Waals surface area contributed by atoms with Gasteiger partial charge < -0.3 is 15.3 Å². The van der Waals surface area contributed by atoms with E-state index >= 15 is 0 Å². The van der Waals surface area contributed by atoms with Gasteiger partial charge in [0.1, 0.15) is 0 Å².